The second kappa shape index (κ2) is 7.78. The Bertz CT molecular complexity index is 743. The monoisotopic (exact) mass is 348 g/mol. The van der Waals surface area contributed by atoms with Gasteiger partial charge in [-0.25, -0.2) is 9.78 Å². The summed E-state index contributed by atoms with van der Waals surface area (Å²) < 4.78 is 5.20. The number of methoxy groups -OCH3 is 1. The number of thiazole rings is 1. The van der Waals surface area contributed by atoms with Crippen LogP contribution in [0.2, 0.25) is 0 Å². The molecule has 0 saturated heterocycles. The first-order valence-corrected chi connectivity index (χ1v) is 8.14. The Morgan fingerprint density at radius 2 is 2.08 bits per heavy atom. The van der Waals surface area contributed by atoms with Crippen molar-refractivity contribution in [3.05, 3.63) is 34.8 Å². The van der Waals surface area contributed by atoms with Gasteiger partial charge in [-0.05, 0) is 25.1 Å². The first-order chi connectivity index (χ1) is 11.4. The van der Waals surface area contributed by atoms with Gasteiger partial charge in [0.05, 0.1) is 25.0 Å². The number of carbonyl (C=O) groups is 2. The number of ether oxygens (including phenoxy) is 1. The summed E-state index contributed by atoms with van der Waals surface area (Å²) in [6, 6.07) is 4.50. The van der Waals surface area contributed by atoms with Crippen LogP contribution >= 0.6 is 11.3 Å². The maximum atomic E-state index is 12.1. The van der Waals surface area contributed by atoms with Crippen molar-refractivity contribution in [1.82, 2.24) is 10.3 Å². The fourth-order valence-electron chi connectivity index (χ4n) is 1.94. The minimum Gasteiger partial charge on any atom is -0.495 e. The molecule has 2 rings (SSSR count). The van der Waals surface area contributed by atoms with Crippen molar-refractivity contribution in [1.29, 1.82) is 0 Å². The number of nitrogens with zero attached hydrogens (tertiary/aromatic N) is 2. The number of benzene rings is 1. The highest BCUT2D eigenvalue weighted by atomic mass is 32.1. The smallest absolute Gasteiger partial charge is 0.319 e. The average Bonchev–Trinajstić information content (AvgIpc) is 3.02. The predicted molar refractivity (Wildman–Crippen MR) is 95.3 cm³/mol. The lowest BCUT2D eigenvalue weighted by Crippen LogP contribution is -2.28. The number of anilines is 2. The Hall–Kier alpha value is -2.61. The molecule has 0 aliphatic heterocycles. The van der Waals surface area contributed by atoms with Crippen LogP contribution in [0.25, 0.3) is 0 Å². The second-order valence-corrected chi connectivity index (χ2v) is 6.13. The van der Waals surface area contributed by atoms with Crippen molar-refractivity contribution in [3.63, 3.8) is 0 Å². The highest BCUT2D eigenvalue weighted by molar-refractivity contribution is 7.13. The summed E-state index contributed by atoms with van der Waals surface area (Å²) in [7, 11) is 5.33. The molecule has 0 saturated carbocycles. The van der Waals surface area contributed by atoms with E-state index in [1.54, 1.807) is 18.2 Å². The third kappa shape index (κ3) is 4.45. The van der Waals surface area contributed by atoms with Crippen LogP contribution in [0.4, 0.5) is 15.6 Å². The number of aromatic nitrogens is 1. The van der Waals surface area contributed by atoms with Gasteiger partial charge < -0.3 is 20.3 Å². The summed E-state index contributed by atoms with van der Waals surface area (Å²) in [4.78, 5) is 29.9. The summed E-state index contributed by atoms with van der Waals surface area (Å²) in [6.45, 7) is 1.78. The molecule has 1 aromatic heterocycles. The molecule has 0 spiro atoms. The molecule has 2 aromatic rings. The molecule has 0 unspecified atom stereocenters. The molecule has 8 heteroatoms. The molecule has 2 N–H and O–H groups in total. The van der Waals surface area contributed by atoms with Crippen LogP contribution < -0.4 is 20.3 Å². The predicted octanol–water partition coefficient (Wildman–Crippen LogP) is 2.74. The van der Waals surface area contributed by atoms with Crippen molar-refractivity contribution in [2.24, 2.45) is 0 Å². The van der Waals surface area contributed by atoms with E-state index in [-0.39, 0.29) is 5.78 Å². The van der Waals surface area contributed by atoms with E-state index in [0.717, 1.165) is 10.8 Å². The van der Waals surface area contributed by atoms with Crippen LogP contribution in [0.3, 0.4) is 0 Å². The molecule has 1 heterocycles. The molecule has 0 atom stereocenters. The van der Waals surface area contributed by atoms with E-state index in [2.05, 4.69) is 15.6 Å². The Balaban J connectivity index is 2.00. The largest absolute Gasteiger partial charge is 0.495 e. The van der Waals surface area contributed by atoms with Crippen LogP contribution in [-0.2, 0) is 6.54 Å². The third-order valence-electron chi connectivity index (χ3n) is 3.21. The number of Topliss-reactive ketones (excluding diaryl/α,β-unsaturated/α-hetero) is 1. The minimum atomic E-state index is -0.395. The molecular weight excluding hydrogens is 328 g/mol. The molecule has 0 aliphatic rings. The van der Waals surface area contributed by atoms with E-state index >= 15 is 0 Å². The highest BCUT2D eigenvalue weighted by Crippen LogP contribution is 2.25. The summed E-state index contributed by atoms with van der Waals surface area (Å²) in [5.74, 6) is 0.401. The molecule has 2 amide bonds. The van der Waals surface area contributed by atoms with Gasteiger partial charge >= 0.3 is 6.03 Å². The number of hydrogen-bond acceptors (Lipinski definition) is 6. The van der Waals surface area contributed by atoms with Gasteiger partial charge in [-0.3, -0.25) is 4.79 Å². The summed E-state index contributed by atoms with van der Waals surface area (Å²) >= 11 is 1.51. The maximum absolute atomic E-state index is 12.1. The number of nitrogens with one attached hydrogen (secondary N) is 2. The zero-order valence-corrected chi connectivity index (χ0v) is 14.9. The number of ketones is 1. The van der Waals surface area contributed by atoms with E-state index in [0.29, 0.717) is 23.5 Å². The average molecular weight is 348 g/mol. The van der Waals surface area contributed by atoms with Gasteiger partial charge in [-0.2, -0.15) is 0 Å². The molecular formula is C16H20N4O3S. The molecule has 24 heavy (non-hydrogen) atoms. The number of hydrogen-bond donors (Lipinski definition) is 2. The van der Waals surface area contributed by atoms with Crippen LogP contribution in [0.5, 0.6) is 5.75 Å². The molecule has 0 fully saturated rings. The standard InChI is InChI=1S/C16H20N4O3S/c1-10(21)11-5-6-14(23-4)13(7-11)19-15(22)17-8-12-9-24-16(18-12)20(2)3/h5-7,9H,8H2,1-4H3,(H2,17,19,22). The Morgan fingerprint density at radius 1 is 1.33 bits per heavy atom. The molecule has 1 aromatic carbocycles. The van der Waals surface area contributed by atoms with Gasteiger partial charge in [-0.1, -0.05) is 0 Å². The Morgan fingerprint density at radius 3 is 2.67 bits per heavy atom. The van der Waals surface area contributed by atoms with Crippen molar-refractivity contribution in [3.8, 4) is 5.75 Å². The first kappa shape index (κ1) is 17.7. The molecule has 7 nitrogen and oxygen atoms in total. The van der Waals surface area contributed by atoms with E-state index in [9.17, 15) is 9.59 Å². The molecule has 0 radical (unpaired) electrons. The maximum Gasteiger partial charge on any atom is 0.319 e. The number of rotatable bonds is 6. The van der Waals surface area contributed by atoms with E-state index < -0.39 is 6.03 Å². The lowest BCUT2D eigenvalue weighted by atomic mass is 10.1. The SMILES string of the molecule is COc1ccc(C(C)=O)cc1NC(=O)NCc1csc(N(C)C)n1. The van der Waals surface area contributed by atoms with Crippen LogP contribution in [-0.4, -0.2) is 38.0 Å². The van der Waals surface area contributed by atoms with Crippen molar-refractivity contribution >= 4 is 34.0 Å². The van der Waals surface area contributed by atoms with Crippen molar-refractivity contribution < 1.29 is 14.3 Å². The van der Waals surface area contributed by atoms with Crippen LogP contribution in [0.1, 0.15) is 23.0 Å². The minimum absolute atomic E-state index is 0.0835. The van der Waals surface area contributed by atoms with Crippen LogP contribution in [0.15, 0.2) is 23.6 Å². The second-order valence-electron chi connectivity index (χ2n) is 5.29. The summed E-state index contributed by atoms with van der Waals surface area (Å²) in [5.41, 5.74) is 1.72. The number of urea groups is 1. The van der Waals surface area contributed by atoms with Gasteiger partial charge in [0.25, 0.3) is 0 Å². The lowest BCUT2D eigenvalue weighted by Gasteiger charge is -2.12. The van der Waals surface area contributed by atoms with Gasteiger partial charge in [0.1, 0.15) is 5.75 Å². The molecule has 0 bridgehead atoms. The van der Waals surface area contributed by atoms with Crippen LogP contribution in [0, 0.1) is 0 Å². The van der Waals surface area contributed by atoms with Gasteiger partial charge in [0.15, 0.2) is 10.9 Å². The van der Waals surface area contributed by atoms with Gasteiger partial charge in [0.2, 0.25) is 0 Å². The topological polar surface area (TPSA) is 83.6 Å². The van der Waals surface area contributed by atoms with Gasteiger partial charge in [0, 0.05) is 25.0 Å². The zero-order chi connectivity index (χ0) is 17.7. The van der Waals surface area contributed by atoms with Gasteiger partial charge in [-0.15, -0.1) is 11.3 Å². The van der Waals surface area contributed by atoms with E-state index in [1.807, 2.05) is 24.4 Å². The third-order valence-corrected chi connectivity index (χ3v) is 4.26. The van der Waals surface area contributed by atoms with Crippen molar-refractivity contribution in [2.75, 3.05) is 31.4 Å². The zero-order valence-electron chi connectivity index (χ0n) is 14.0. The highest BCUT2D eigenvalue weighted by Gasteiger charge is 2.11. The van der Waals surface area contributed by atoms with E-state index in [4.69, 9.17) is 4.74 Å². The number of carbonyl (C=O) groups excluding carboxylic acids is 2. The lowest BCUT2D eigenvalue weighted by molar-refractivity contribution is 0.101. The van der Waals surface area contributed by atoms with Crippen molar-refractivity contribution in [2.45, 2.75) is 13.5 Å². The molecule has 0 aliphatic carbocycles. The quantitative estimate of drug-likeness (QED) is 0.784. The first-order valence-electron chi connectivity index (χ1n) is 7.26. The Labute approximate surface area is 144 Å². The fraction of sp³-hybridized carbons (Fsp3) is 0.312. The molecule has 128 valence electrons. The number of amides is 2. The Kier molecular flexibility index (Phi) is 5.75. The summed E-state index contributed by atoms with van der Waals surface area (Å²) in [6.07, 6.45) is 0. The van der Waals surface area contributed by atoms with E-state index in [1.165, 1.54) is 25.4 Å². The summed E-state index contributed by atoms with van der Waals surface area (Å²) in [5, 5.41) is 8.20. The fourth-order valence-corrected chi connectivity index (χ4v) is 2.70. The normalized spacial score (nSPS) is 10.2.